The molecule has 2 N–H and O–H groups in total. The molecule has 1 saturated heterocycles. The number of halogens is 1. The van der Waals surface area contributed by atoms with Gasteiger partial charge in [-0.3, -0.25) is 4.99 Å². The van der Waals surface area contributed by atoms with Gasteiger partial charge in [0.1, 0.15) is 9.22 Å². The van der Waals surface area contributed by atoms with Crippen molar-refractivity contribution in [1.82, 2.24) is 19.9 Å². The Morgan fingerprint density at radius 1 is 1.14 bits per heavy atom. The fourth-order valence-electron chi connectivity index (χ4n) is 2.99. The molecule has 2 aromatic rings. The highest BCUT2D eigenvalue weighted by Gasteiger charge is 2.27. The van der Waals surface area contributed by atoms with E-state index in [-0.39, 0.29) is 24.0 Å². The maximum Gasteiger partial charge on any atom is 0.252 e. The first kappa shape index (κ1) is 24.5. The van der Waals surface area contributed by atoms with Gasteiger partial charge in [0.15, 0.2) is 5.96 Å². The number of hydrogen-bond acceptors (Lipinski definition) is 6. The molecule has 3 heterocycles. The van der Waals surface area contributed by atoms with Crippen molar-refractivity contribution in [3.05, 3.63) is 32.6 Å². The number of piperidine rings is 1. The normalized spacial score (nSPS) is 15.8. The zero-order chi connectivity index (χ0) is 20.1. The summed E-state index contributed by atoms with van der Waals surface area (Å²) in [6.45, 7) is 6.46. The van der Waals surface area contributed by atoms with E-state index in [1.807, 2.05) is 13.0 Å². The molecule has 3 rings (SSSR count). The van der Waals surface area contributed by atoms with Gasteiger partial charge in [0.25, 0.3) is 10.0 Å². The number of thiophene rings is 1. The summed E-state index contributed by atoms with van der Waals surface area (Å²) in [7, 11) is -1.65. The average Bonchev–Trinajstić information content (AvgIpc) is 3.30. The van der Waals surface area contributed by atoms with Crippen LogP contribution in [0.25, 0.3) is 0 Å². The lowest BCUT2D eigenvalue weighted by molar-refractivity contribution is 0.347. The molecule has 11 heteroatoms. The summed E-state index contributed by atoms with van der Waals surface area (Å²) < 4.78 is 27.5. The molecule has 1 fully saturated rings. The smallest absolute Gasteiger partial charge is 0.252 e. The fourth-order valence-corrected chi connectivity index (χ4v) is 6.83. The minimum atomic E-state index is -3.36. The second-order valence-corrected chi connectivity index (χ2v) is 11.3. The molecular weight excluding hydrogens is 541 g/mol. The van der Waals surface area contributed by atoms with Crippen LogP contribution < -0.4 is 10.6 Å². The van der Waals surface area contributed by atoms with Crippen LogP contribution in [0, 0.1) is 13.8 Å². The van der Waals surface area contributed by atoms with Crippen LogP contribution in [0.4, 0.5) is 0 Å². The van der Waals surface area contributed by atoms with Crippen LogP contribution in [0.2, 0.25) is 0 Å². The molecule has 0 amide bonds. The van der Waals surface area contributed by atoms with Gasteiger partial charge in [-0.2, -0.15) is 4.31 Å². The quantitative estimate of drug-likeness (QED) is 0.316. The first-order valence-electron chi connectivity index (χ1n) is 9.36. The zero-order valence-electron chi connectivity index (χ0n) is 16.9. The predicted molar refractivity (Wildman–Crippen MR) is 131 cm³/mol. The van der Waals surface area contributed by atoms with E-state index in [2.05, 4.69) is 27.5 Å². The largest absolute Gasteiger partial charge is 0.352 e. The van der Waals surface area contributed by atoms with E-state index in [4.69, 9.17) is 0 Å². The molecule has 0 unspecified atom stereocenters. The van der Waals surface area contributed by atoms with E-state index in [0.29, 0.717) is 36.3 Å². The molecule has 29 heavy (non-hydrogen) atoms. The second-order valence-electron chi connectivity index (χ2n) is 6.71. The number of nitrogens with one attached hydrogen (secondary N) is 2. The molecule has 0 spiro atoms. The third-order valence-electron chi connectivity index (χ3n) is 4.68. The van der Waals surface area contributed by atoms with Crippen molar-refractivity contribution < 1.29 is 8.42 Å². The Balaban J connectivity index is 0.00000300. The number of aryl methyl sites for hydroxylation is 2. The van der Waals surface area contributed by atoms with Crippen LogP contribution in [0.5, 0.6) is 0 Å². The first-order valence-corrected chi connectivity index (χ1v) is 12.4. The summed E-state index contributed by atoms with van der Waals surface area (Å²) >= 11 is 3.00. The number of aliphatic imine (C=N–C) groups is 1. The van der Waals surface area contributed by atoms with Crippen LogP contribution in [0.15, 0.2) is 21.3 Å². The summed E-state index contributed by atoms with van der Waals surface area (Å²) in [4.78, 5) is 10.9. The minimum absolute atomic E-state index is 0. The Morgan fingerprint density at radius 3 is 2.45 bits per heavy atom. The van der Waals surface area contributed by atoms with Gasteiger partial charge in [0.05, 0.1) is 18.8 Å². The zero-order valence-corrected chi connectivity index (χ0v) is 21.7. The highest BCUT2D eigenvalue weighted by atomic mass is 127. The van der Waals surface area contributed by atoms with E-state index in [1.165, 1.54) is 16.2 Å². The molecule has 7 nitrogen and oxygen atoms in total. The van der Waals surface area contributed by atoms with Gasteiger partial charge in [-0.1, -0.05) is 6.42 Å². The van der Waals surface area contributed by atoms with Gasteiger partial charge in [-0.25, -0.2) is 13.4 Å². The van der Waals surface area contributed by atoms with Gasteiger partial charge in [0, 0.05) is 29.9 Å². The molecule has 0 atom stereocenters. The minimum Gasteiger partial charge on any atom is -0.352 e. The van der Waals surface area contributed by atoms with Crippen LogP contribution >= 0.6 is 46.7 Å². The number of rotatable bonds is 6. The lowest BCUT2D eigenvalue weighted by atomic mass is 10.2. The summed E-state index contributed by atoms with van der Waals surface area (Å²) in [6, 6.07) is 3.58. The lowest BCUT2D eigenvalue weighted by Crippen LogP contribution is -2.36. The van der Waals surface area contributed by atoms with Crippen molar-refractivity contribution in [2.45, 2.75) is 50.4 Å². The summed E-state index contributed by atoms with van der Waals surface area (Å²) in [5, 5.41) is 7.51. The van der Waals surface area contributed by atoms with Crippen molar-refractivity contribution >= 4 is 62.6 Å². The molecule has 0 bridgehead atoms. The van der Waals surface area contributed by atoms with Crippen molar-refractivity contribution in [2.75, 3.05) is 20.1 Å². The topological polar surface area (TPSA) is 86.7 Å². The van der Waals surface area contributed by atoms with Crippen LogP contribution in [0.1, 0.15) is 39.7 Å². The van der Waals surface area contributed by atoms with E-state index < -0.39 is 10.0 Å². The molecule has 2 aromatic heterocycles. The molecule has 1 aliphatic heterocycles. The Labute approximate surface area is 198 Å². The number of sulfonamides is 1. The molecule has 0 aromatic carbocycles. The van der Waals surface area contributed by atoms with Crippen LogP contribution in [-0.2, 0) is 23.1 Å². The highest BCUT2D eigenvalue weighted by molar-refractivity contribution is 14.0. The number of guanidine groups is 1. The Bertz CT molecular complexity index is 914. The van der Waals surface area contributed by atoms with E-state index in [0.717, 1.165) is 34.8 Å². The molecule has 0 aliphatic carbocycles. The monoisotopic (exact) mass is 569 g/mol. The fraction of sp³-hybridized carbons (Fsp3) is 0.556. The second kappa shape index (κ2) is 11.0. The van der Waals surface area contributed by atoms with Gasteiger partial charge >= 0.3 is 0 Å². The van der Waals surface area contributed by atoms with E-state index in [1.54, 1.807) is 28.8 Å². The van der Waals surface area contributed by atoms with Crippen molar-refractivity contribution in [3.8, 4) is 0 Å². The first-order chi connectivity index (χ1) is 13.4. The number of aromatic nitrogens is 1. The van der Waals surface area contributed by atoms with Crippen LogP contribution in [-0.4, -0.2) is 43.8 Å². The summed E-state index contributed by atoms with van der Waals surface area (Å²) in [5.41, 5.74) is 1.06. The van der Waals surface area contributed by atoms with Gasteiger partial charge in [-0.15, -0.1) is 46.7 Å². The standard InChI is InChI=1S/C18H27N5O2S3.HI/c1-13-14(2)26-16(22-13)12-21-18(19-3)20-11-15-7-8-17(27-15)28(24,25)23-9-5-4-6-10-23;/h7-8H,4-6,9-12H2,1-3H3,(H2,19,20,21);1H. The molecule has 0 saturated carbocycles. The predicted octanol–water partition coefficient (Wildman–Crippen LogP) is 3.48. The Kier molecular flexibility index (Phi) is 9.32. The average molecular weight is 570 g/mol. The van der Waals surface area contributed by atoms with Gasteiger partial charge < -0.3 is 10.6 Å². The maximum absolute atomic E-state index is 12.8. The van der Waals surface area contributed by atoms with Gasteiger partial charge in [0.2, 0.25) is 0 Å². The lowest BCUT2D eigenvalue weighted by Gasteiger charge is -2.25. The van der Waals surface area contributed by atoms with Crippen molar-refractivity contribution in [3.63, 3.8) is 0 Å². The molecular formula is C18H28IN5O2S3. The SMILES string of the molecule is CN=C(NCc1ccc(S(=O)(=O)N2CCCCC2)s1)NCc1nc(C)c(C)s1.I. The summed E-state index contributed by atoms with van der Waals surface area (Å²) in [6.07, 6.45) is 3.00. The number of thiazole rings is 1. The molecule has 162 valence electrons. The van der Waals surface area contributed by atoms with E-state index >= 15 is 0 Å². The Morgan fingerprint density at radius 2 is 1.83 bits per heavy atom. The van der Waals surface area contributed by atoms with Crippen LogP contribution in [0.3, 0.4) is 0 Å². The number of nitrogens with zero attached hydrogens (tertiary/aromatic N) is 3. The van der Waals surface area contributed by atoms with Crippen molar-refractivity contribution in [1.29, 1.82) is 0 Å². The van der Waals surface area contributed by atoms with E-state index in [9.17, 15) is 8.42 Å². The maximum atomic E-state index is 12.8. The van der Waals surface area contributed by atoms with Crippen molar-refractivity contribution in [2.24, 2.45) is 4.99 Å². The number of hydrogen-bond donors (Lipinski definition) is 2. The third-order valence-corrected chi connectivity index (χ3v) is 9.20. The summed E-state index contributed by atoms with van der Waals surface area (Å²) in [5.74, 6) is 0.666. The molecule has 0 radical (unpaired) electrons. The third kappa shape index (κ3) is 6.36. The molecule has 1 aliphatic rings. The highest BCUT2D eigenvalue weighted by Crippen LogP contribution is 2.27. The van der Waals surface area contributed by atoms with Gasteiger partial charge in [-0.05, 0) is 38.8 Å². The Hall–Kier alpha value is -0.760.